The van der Waals surface area contributed by atoms with Crippen molar-refractivity contribution in [2.75, 3.05) is 26.4 Å². The summed E-state index contributed by atoms with van der Waals surface area (Å²) in [5, 5.41) is 13.6. The van der Waals surface area contributed by atoms with Gasteiger partial charge in [-0.25, -0.2) is 4.79 Å². The molecule has 158 valence electrons. The molecule has 2 fully saturated rings. The third kappa shape index (κ3) is 3.60. The molecular weight excluding hydrogens is 382 g/mol. The molecule has 0 atom stereocenters. The monoisotopic (exact) mass is 409 g/mol. The number of amides is 1. The quantitative estimate of drug-likeness (QED) is 0.807. The highest BCUT2D eigenvalue weighted by Crippen LogP contribution is 2.44. The number of hydrogen-bond donors (Lipinski definition) is 2. The summed E-state index contributed by atoms with van der Waals surface area (Å²) in [7, 11) is 0. The summed E-state index contributed by atoms with van der Waals surface area (Å²) >= 11 is 0. The van der Waals surface area contributed by atoms with Gasteiger partial charge in [0, 0.05) is 25.3 Å². The molecule has 0 radical (unpaired) electrons. The van der Waals surface area contributed by atoms with E-state index in [1.807, 2.05) is 24.3 Å². The zero-order valence-corrected chi connectivity index (χ0v) is 16.9. The Bertz CT molecular complexity index is 881. The summed E-state index contributed by atoms with van der Waals surface area (Å²) in [6.07, 6.45) is 1.82. The van der Waals surface area contributed by atoms with Crippen molar-refractivity contribution >= 4 is 6.09 Å². The summed E-state index contributed by atoms with van der Waals surface area (Å²) in [4.78, 5) is 12.4. The van der Waals surface area contributed by atoms with Gasteiger partial charge in [-0.15, -0.1) is 0 Å². The molecule has 0 unspecified atom stereocenters. The van der Waals surface area contributed by atoms with Crippen molar-refractivity contribution < 1.29 is 24.1 Å². The van der Waals surface area contributed by atoms with E-state index in [0.717, 1.165) is 0 Å². The third-order valence-corrected chi connectivity index (χ3v) is 6.66. The van der Waals surface area contributed by atoms with Gasteiger partial charge in [-0.3, -0.25) is 0 Å². The highest BCUT2D eigenvalue weighted by Gasteiger charge is 2.45. The van der Waals surface area contributed by atoms with Crippen LogP contribution in [0.5, 0.6) is 0 Å². The minimum atomic E-state index is -0.952. The second-order valence-corrected chi connectivity index (χ2v) is 8.51. The van der Waals surface area contributed by atoms with E-state index in [1.54, 1.807) is 0 Å². The average Bonchev–Trinajstić information content (AvgIpc) is 3.37. The van der Waals surface area contributed by atoms with Gasteiger partial charge in [-0.1, -0.05) is 48.5 Å². The summed E-state index contributed by atoms with van der Waals surface area (Å²) in [5.74, 6) is -0.506. The number of alkyl carbamates (subject to hydrolysis) is 1. The molecule has 1 spiro atoms. The van der Waals surface area contributed by atoms with E-state index >= 15 is 0 Å². The molecule has 1 amide bonds. The van der Waals surface area contributed by atoms with Gasteiger partial charge in [-0.2, -0.15) is 0 Å². The molecule has 30 heavy (non-hydrogen) atoms. The van der Waals surface area contributed by atoms with Crippen LogP contribution in [0.15, 0.2) is 48.5 Å². The van der Waals surface area contributed by atoms with Crippen molar-refractivity contribution in [3.05, 3.63) is 59.7 Å². The number of rotatable bonds is 4. The zero-order chi connectivity index (χ0) is 20.6. The van der Waals surface area contributed by atoms with Crippen LogP contribution in [-0.4, -0.2) is 49.0 Å². The van der Waals surface area contributed by atoms with E-state index in [4.69, 9.17) is 14.2 Å². The van der Waals surface area contributed by atoms with E-state index in [1.165, 1.54) is 22.3 Å². The fourth-order valence-corrected chi connectivity index (χ4v) is 4.94. The number of nitrogens with one attached hydrogen (secondary N) is 1. The van der Waals surface area contributed by atoms with Crippen LogP contribution < -0.4 is 5.32 Å². The molecule has 2 aromatic carbocycles. The van der Waals surface area contributed by atoms with Gasteiger partial charge in [0.15, 0.2) is 5.79 Å². The Morgan fingerprint density at radius 3 is 2.13 bits per heavy atom. The van der Waals surface area contributed by atoms with Crippen molar-refractivity contribution in [1.29, 1.82) is 0 Å². The molecule has 2 aromatic rings. The number of ether oxygens (including phenoxy) is 3. The van der Waals surface area contributed by atoms with E-state index in [2.05, 4.69) is 29.6 Å². The first kappa shape index (κ1) is 19.5. The number of hydrogen-bond acceptors (Lipinski definition) is 5. The first-order chi connectivity index (χ1) is 14.6. The minimum absolute atomic E-state index is 0.0254. The Morgan fingerprint density at radius 2 is 1.53 bits per heavy atom. The van der Waals surface area contributed by atoms with Crippen LogP contribution in [0.25, 0.3) is 11.1 Å². The number of benzene rings is 2. The zero-order valence-electron chi connectivity index (χ0n) is 16.9. The van der Waals surface area contributed by atoms with E-state index in [-0.39, 0.29) is 19.1 Å². The lowest BCUT2D eigenvalue weighted by Gasteiger charge is -2.40. The largest absolute Gasteiger partial charge is 0.449 e. The van der Waals surface area contributed by atoms with Gasteiger partial charge in [0.25, 0.3) is 0 Å². The smallest absolute Gasteiger partial charge is 0.407 e. The number of carbonyl (C=O) groups is 1. The summed E-state index contributed by atoms with van der Waals surface area (Å²) in [6.45, 7) is 1.65. The molecule has 0 aromatic heterocycles. The number of carbonyl (C=O) groups excluding carboxylic acids is 1. The first-order valence-corrected chi connectivity index (χ1v) is 10.7. The molecule has 1 saturated carbocycles. The van der Waals surface area contributed by atoms with Crippen LogP contribution in [0.3, 0.4) is 0 Å². The molecule has 6 nitrogen and oxygen atoms in total. The molecule has 5 rings (SSSR count). The van der Waals surface area contributed by atoms with Crippen molar-refractivity contribution in [2.45, 2.75) is 43.0 Å². The molecular formula is C24H27NO5. The Hall–Kier alpha value is -2.41. The Kier molecular flexibility index (Phi) is 5.01. The normalized spacial score (nSPS) is 21.2. The van der Waals surface area contributed by atoms with Crippen LogP contribution in [0, 0.1) is 0 Å². The SMILES string of the molecule is O=C(NCC1(O)CCC2(CC1)OCCO2)OCC1c2ccccc2-c2ccccc21. The number of fused-ring (bicyclic) bond motifs is 3. The van der Waals surface area contributed by atoms with Crippen LogP contribution in [-0.2, 0) is 14.2 Å². The van der Waals surface area contributed by atoms with Gasteiger partial charge in [-0.05, 0) is 35.1 Å². The predicted octanol–water partition coefficient (Wildman–Crippen LogP) is 3.57. The second kappa shape index (κ2) is 7.69. The molecule has 6 heteroatoms. The lowest BCUT2D eigenvalue weighted by molar-refractivity contribution is -0.201. The molecule has 3 aliphatic rings. The van der Waals surface area contributed by atoms with E-state index in [0.29, 0.717) is 38.9 Å². The fourth-order valence-electron chi connectivity index (χ4n) is 4.94. The lowest BCUT2D eigenvalue weighted by atomic mass is 9.81. The van der Waals surface area contributed by atoms with Crippen LogP contribution in [0.2, 0.25) is 0 Å². The summed E-state index contributed by atoms with van der Waals surface area (Å²) in [6, 6.07) is 16.5. The highest BCUT2D eigenvalue weighted by molar-refractivity contribution is 5.79. The van der Waals surface area contributed by atoms with Crippen LogP contribution >= 0.6 is 0 Å². The van der Waals surface area contributed by atoms with E-state index in [9.17, 15) is 9.90 Å². The molecule has 1 heterocycles. The van der Waals surface area contributed by atoms with Crippen molar-refractivity contribution in [1.82, 2.24) is 5.32 Å². The van der Waals surface area contributed by atoms with Crippen molar-refractivity contribution in [3.8, 4) is 11.1 Å². The molecule has 1 saturated heterocycles. The fraction of sp³-hybridized carbons (Fsp3) is 0.458. The second-order valence-electron chi connectivity index (χ2n) is 8.51. The molecule has 2 N–H and O–H groups in total. The number of aliphatic hydroxyl groups is 1. The topological polar surface area (TPSA) is 77.0 Å². The van der Waals surface area contributed by atoms with E-state index < -0.39 is 17.5 Å². The average molecular weight is 409 g/mol. The first-order valence-electron chi connectivity index (χ1n) is 10.7. The van der Waals surface area contributed by atoms with Gasteiger partial charge in [0.2, 0.25) is 0 Å². The highest BCUT2D eigenvalue weighted by atomic mass is 16.7. The predicted molar refractivity (Wildman–Crippen MR) is 111 cm³/mol. The standard InChI is InChI=1S/C24H27NO5/c26-22(25-16-23(27)9-11-24(12-10-23)29-13-14-30-24)28-15-21-19-7-3-1-5-17(19)18-6-2-4-8-20(18)21/h1-8,21,27H,9-16H2,(H,25,26). The Balaban J connectivity index is 1.16. The lowest BCUT2D eigenvalue weighted by Crippen LogP contribution is -2.50. The molecule has 0 bridgehead atoms. The third-order valence-electron chi connectivity index (χ3n) is 6.66. The molecule has 1 aliphatic heterocycles. The van der Waals surface area contributed by atoms with Crippen molar-refractivity contribution in [2.24, 2.45) is 0 Å². The van der Waals surface area contributed by atoms with Gasteiger partial charge >= 0.3 is 6.09 Å². The van der Waals surface area contributed by atoms with Gasteiger partial charge in [0.1, 0.15) is 6.61 Å². The maximum atomic E-state index is 12.4. The minimum Gasteiger partial charge on any atom is -0.449 e. The van der Waals surface area contributed by atoms with Gasteiger partial charge in [0.05, 0.1) is 18.8 Å². The van der Waals surface area contributed by atoms with Crippen LogP contribution in [0.4, 0.5) is 4.79 Å². The maximum Gasteiger partial charge on any atom is 0.407 e. The Morgan fingerprint density at radius 1 is 0.967 bits per heavy atom. The molecule has 2 aliphatic carbocycles. The summed E-state index contributed by atoms with van der Waals surface area (Å²) < 4.78 is 17.0. The van der Waals surface area contributed by atoms with Crippen LogP contribution in [0.1, 0.15) is 42.7 Å². The Labute approximate surface area is 176 Å². The van der Waals surface area contributed by atoms with Gasteiger partial charge < -0.3 is 24.6 Å². The summed E-state index contributed by atoms with van der Waals surface area (Å²) in [5.41, 5.74) is 3.80. The maximum absolute atomic E-state index is 12.4. The van der Waals surface area contributed by atoms with Crippen molar-refractivity contribution in [3.63, 3.8) is 0 Å².